The maximum atomic E-state index is 12.6. The van der Waals surface area contributed by atoms with Gasteiger partial charge >= 0.3 is 0 Å². The summed E-state index contributed by atoms with van der Waals surface area (Å²) in [5.41, 5.74) is 1.90. The molecule has 4 aromatic rings. The summed E-state index contributed by atoms with van der Waals surface area (Å²) in [6, 6.07) is 7.39. The van der Waals surface area contributed by atoms with Gasteiger partial charge in [-0.25, -0.2) is 4.98 Å². The molecule has 0 amide bonds. The Labute approximate surface area is 159 Å². The van der Waals surface area contributed by atoms with Crippen LogP contribution in [0.5, 0.6) is 0 Å². The van der Waals surface area contributed by atoms with Crippen LogP contribution in [0.15, 0.2) is 39.8 Å². The fourth-order valence-corrected chi connectivity index (χ4v) is 4.16. The minimum atomic E-state index is -0.265. The van der Waals surface area contributed by atoms with E-state index in [1.165, 1.54) is 22.9 Å². The van der Waals surface area contributed by atoms with Gasteiger partial charge in [0.1, 0.15) is 4.83 Å². The number of hydrogen-bond acceptors (Lipinski definition) is 6. The van der Waals surface area contributed by atoms with Gasteiger partial charge in [-0.05, 0) is 23.7 Å². The van der Waals surface area contributed by atoms with Crippen molar-refractivity contribution in [3.8, 4) is 11.1 Å². The van der Waals surface area contributed by atoms with E-state index in [1.54, 1.807) is 17.5 Å². The molecule has 25 heavy (non-hydrogen) atoms. The number of nitrogens with one attached hydrogen (secondary N) is 1. The lowest BCUT2D eigenvalue weighted by molar-refractivity contribution is 1.13. The molecule has 4 rings (SSSR count). The molecular weight excluding hydrogens is 399 g/mol. The van der Waals surface area contributed by atoms with Gasteiger partial charge in [0, 0.05) is 26.9 Å². The Balaban J connectivity index is 1.86. The van der Waals surface area contributed by atoms with E-state index < -0.39 is 0 Å². The zero-order valence-electron chi connectivity index (χ0n) is 12.4. The highest BCUT2D eigenvalue weighted by Crippen LogP contribution is 2.35. The Morgan fingerprint density at radius 3 is 2.80 bits per heavy atom. The summed E-state index contributed by atoms with van der Waals surface area (Å²) < 4.78 is 3.77. The fraction of sp³-hybridized carbons (Fsp3) is 0. The maximum Gasteiger partial charge on any atom is 0.260 e. The summed E-state index contributed by atoms with van der Waals surface area (Å²) in [6.45, 7) is 0. The SMILES string of the molecule is O=c1[nH]c(/C(Cl)=C/c2csnn2)nc2scc(-c3ccccc3Cl)c12. The first-order valence-electron chi connectivity index (χ1n) is 7.04. The van der Waals surface area contributed by atoms with Gasteiger partial charge in [0.2, 0.25) is 0 Å². The van der Waals surface area contributed by atoms with Crippen molar-refractivity contribution in [2.24, 2.45) is 0 Å². The van der Waals surface area contributed by atoms with Gasteiger partial charge in [-0.2, -0.15) is 0 Å². The second-order valence-electron chi connectivity index (χ2n) is 5.05. The van der Waals surface area contributed by atoms with Gasteiger partial charge in [-0.15, -0.1) is 16.4 Å². The second-order valence-corrected chi connectivity index (χ2v) is 7.33. The highest BCUT2D eigenvalue weighted by molar-refractivity contribution is 7.17. The number of hydrogen-bond donors (Lipinski definition) is 1. The van der Waals surface area contributed by atoms with Crippen LogP contribution >= 0.6 is 46.1 Å². The van der Waals surface area contributed by atoms with Crippen molar-refractivity contribution in [1.29, 1.82) is 0 Å². The number of H-pyrrole nitrogens is 1. The number of nitrogens with zero attached hydrogens (tertiary/aromatic N) is 3. The first-order valence-corrected chi connectivity index (χ1v) is 9.52. The van der Waals surface area contributed by atoms with E-state index in [0.717, 1.165) is 11.1 Å². The van der Waals surface area contributed by atoms with Gasteiger partial charge in [0.15, 0.2) is 5.82 Å². The van der Waals surface area contributed by atoms with E-state index in [9.17, 15) is 4.79 Å². The van der Waals surface area contributed by atoms with Gasteiger partial charge < -0.3 is 4.98 Å². The molecule has 5 nitrogen and oxygen atoms in total. The fourth-order valence-electron chi connectivity index (χ4n) is 2.37. The average Bonchev–Trinajstić information content (AvgIpc) is 3.25. The molecule has 0 aliphatic heterocycles. The number of fused-ring (bicyclic) bond motifs is 1. The summed E-state index contributed by atoms with van der Waals surface area (Å²) in [5.74, 6) is 0.291. The largest absolute Gasteiger partial charge is 0.305 e. The Bertz CT molecular complexity index is 1150. The van der Waals surface area contributed by atoms with Gasteiger partial charge in [0.05, 0.1) is 16.1 Å². The van der Waals surface area contributed by atoms with Crippen molar-refractivity contribution < 1.29 is 0 Å². The zero-order chi connectivity index (χ0) is 17.4. The van der Waals surface area contributed by atoms with Crippen LogP contribution in [0.3, 0.4) is 0 Å². The molecule has 0 radical (unpaired) electrons. The minimum Gasteiger partial charge on any atom is -0.305 e. The monoisotopic (exact) mass is 406 g/mol. The number of thiophene rings is 1. The third-order valence-corrected chi connectivity index (χ3v) is 5.50. The Hall–Kier alpha value is -2.06. The maximum absolute atomic E-state index is 12.6. The summed E-state index contributed by atoms with van der Waals surface area (Å²) >= 11 is 15.1. The van der Waals surface area contributed by atoms with E-state index in [4.69, 9.17) is 23.2 Å². The van der Waals surface area contributed by atoms with Crippen molar-refractivity contribution in [3.63, 3.8) is 0 Å². The average molecular weight is 407 g/mol. The smallest absolute Gasteiger partial charge is 0.260 e. The highest BCUT2D eigenvalue weighted by atomic mass is 35.5. The Morgan fingerprint density at radius 1 is 1.20 bits per heavy atom. The van der Waals surface area contributed by atoms with Crippen molar-refractivity contribution >= 4 is 67.4 Å². The van der Waals surface area contributed by atoms with Crippen LogP contribution in [0.2, 0.25) is 5.02 Å². The molecule has 9 heteroatoms. The molecule has 3 heterocycles. The number of halogens is 2. The van der Waals surface area contributed by atoms with Crippen molar-refractivity contribution in [1.82, 2.24) is 19.6 Å². The molecule has 0 atom stereocenters. The summed E-state index contributed by atoms with van der Waals surface area (Å²) in [7, 11) is 0. The van der Waals surface area contributed by atoms with E-state index in [2.05, 4.69) is 19.6 Å². The number of aromatic nitrogens is 4. The van der Waals surface area contributed by atoms with Crippen LogP contribution < -0.4 is 5.56 Å². The molecule has 0 spiro atoms. The van der Waals surface area contributed by atoms with Gasteiger partial charge in [0.25, 0.3) is 5.56 Å². The zero-order valence-corrected chi connectivity index (χ0v) is 15.5. The second kappa shape index (κ2) is 6.68. The molecule has 124 valence electrons. The first kappa shape index (κ1) is 16.4. The molecule has 0 aliphatic rings. The van der Waals surface area contributed by atoms with Crippen LogP contribution in [-0.4, -0.2) is 19.6 Å². The molecule has 1 aromatic carbocycles. The van der Waals surface area contributed by atoms with Crippen LogP contribution in [0, 0.1) is 0 Å². The van der Waals surface area contributed by atoms with E-state index >= 15 is 0 Å². The molecule has 1 N–H and O–H groups in total. The Kier molecular flexibility index (Phi) is 4.39. The lowest BCUT2D eigenvalue weighted by Crippen LogP contribution is -2.10. The summed E-state index contributed by atoms with van der Waals surface area (Å²) in [5, 5.41) is 8.90. The predicted octanol–water partition coefficient (Wildman–Crippen LogP) is 4.89. The highest BCUT2D eigenvalue weighted by Gasteiger charge is 2.15. The van der Waals surface area contributed by atoms with Gasteiger partial charge in [-0.3, -0.25) is 4.79 Å². The van der Waals surface area contributed by atoms with E-state index in [0.29, 0.717) is 31.8 Å². The normalized spacial score (nSPS) is 12.0. The summed E-state index contributed by atoms with van der Waals surface area (Å²) in [4.78, 5) is 20.4. The van der Waals surface area contributed by atoms with Crippen LogP contribution in [0.1, 0.15) is 11.5 Å². The molecule has 0 saturated carbocycles. The molecule has 0 unspecified atom stereocenters. The third-order valence-electron chi connectivity index (χ3n) is 3.49. The van der Waals surface area contributed by atoms with Crippen molar-refractivity contribution in [2.75, 3.05) is 0 Å². The summed E-state index contributed by atoms with van der Waals surface area (Å²) in [6.07, 6.45) is 1.61. The number of benzene rings is 1. The lowest BCUT2D eigenvalue weighted by atomic mass is 10.1. The van der Waals surface area contributed by atoms with Crippen LogP contribution in [0.4, 0.5) is 0 Å². The van der Waals surface area contributed by atoms with Crippen LogP contribution in [0.25, 0.3) is 32.5 Å². The number of aromatic amines is 1. The lowest BCUT2D eigenvalue weighted by Gasteiger charge is -2.03. The molecule has 0 fully saturated rings. The van der Waals surface area contributed by atoms with Crippen LogP contribution in [-0.2, 0) is 0 Å². The molecule has 0 bridgehead atoms. The number of rotatable bonds is 3. The molecule has 3 aromatic heterocycles. The quantitative estimate of drug-likeness (QED) is 0.525. The Morgan fingerprint density at radius 2 is 2.04 bits per heavy atom. The minimum absolute atomic E-state index is 0.265. The topological polar surface area (TPSA) is 71.5 Å². The molecular formula is C16H8Cl2N4OS2. The van der Waals surface area contributed by atoms with Gasteiger partial charge in [-0.1, -0.05) is 45.9 Å². The standard InChI is InChI=1S/C16H8Cl2N4OS2/c17-11-4-2-1-3-9(11)10-7-24-16-13(10)15(23)19-14(20-16)12(18)5-8-6-25-22-21-8/h1-7H,(H,19,20,23)/b12-5-. The van der Waals surface area contributed by atoms with Crippen molar-refractivity contribution in [3.05, 3.63) is 61.9 Å². The first-order chi connectivity index (χ1) is 12.1. The molecule has 0 saturated heterocycles. The third kappa shape index (κ3) is 3.11. The van der Waals surface area contributed by atoms with E-state index in [1.807, 2.05) is 23.6 Å². The predicted molar refractivity (Wildman–Crippen MR) is 104 cm³/mol. The van der Waals surface area contributed by atoms with E-state index in [-0.39, 0.29) is 5.56 Å². The molecule has 0 aliphatic carbocycles. The van der Waals surface area contributed by atoms with Crippen molar-refractivity contribution in [2.45, 2.75) is 0 Å².